The van der Waals surface area contributed by atoms with E-state index in [0.717, 1.165) is 11.1 Å². The summed E-state index contributed by atoms with van der Waals surface area (Å²) in [7, 11) is 1.79. The van der Waals surface area contributed by atoms with E-state index >= 15 is 0 Å². The second-order valence-electron chi connectivity index (χ2n) is 4.50. The summed E-state index contributed by atoms with van der Waals surface area (Å²) in [5, 5.41) is 9.25. The highest BCUT2D eigenvalue weighted by atomic mass is 32.1. The number of carboxylic acids is 1. The lowest BCUT2D eigenvalue weighted by atomic mass is 10.1. The van der Waals surface area contributed by atoms with Crippen LogP contribution in [0.25, 0.3) is 0 Å². The number of hydrogen-bond acceptors (Lipinski definition) is 2. The highest BCUT2D eigenvalue weighted by molar-refractivity contribution is 7.81. The molecule has 4 heteroatoms. The van der Waals surface area contributed by atoms with Gasteiger partial charge in [0.15, 0.2) is 0 Å². The lowest BCUT2D eigenvalue weighted by Crippen LogP contribution is -2.27. The minimum atomic E-state index is -0.958. The Balaban J connectivity index is 2.42. The van der Waals surface area contributed by atoms with E-state index < -0.39 is 5.97 Å². The van der Waals surface area contributed by atoms with Crippen LogP contribution < -0.4 is 4.90 Å². The average molecular weight is 285 g/mol. The van der Waals surface area contributed by atoms with Crippen LogP contribution in [0.2, 0.25) is 0 Å². The number of anilines is 1. The van der Waals surface area contributed by atoms with Crippen LogP contribution in [0.5, 0.6) is 0 Å². The molecule has 0 bridgehead atoms. The molecule has 0 spiro atoms. The van der Waals surface area contributed by atoms with Crippen LogP contribution in [-0.4, -0.2) is 23.1 Å². The Kier molecular flexibility index (Phi) is 4.15. The van der Waals surface area contributed by atoms with Gasteiger partial charge in [0.1, 0.15) is 4.99 Å². The Bertz CT molecular complexity index is 667. The summed E-state index contributed by atoms with van der Waals surface area (Å²) in [6, 6.07) is 14.6. The van der Waals surface area contributed by atoms with Gasteiger partial charge in [0.05, 0.1) is 11.3 Å². The van der Waals surface area contributed by atoms with E-state index in [2.05, 4.69) is 0 Å². The molecule has 0 saturated carbocycles. The van der Waals surface area contributed by atoms with Gasteiger partial charge < -0.3 is 10.0 Å². The first-order valence-electron chi connectivity index (χ1n) is 6.18. The normalized spacial score (nSPS) is 10.1. The molecule has 0 amide bonds. The fourth-order valence-electron chi connectivity index (χ4n) is 2.05. The molecule has 0 heterocycles. The minimum absolute atomic E-state index is 0.242. The predicted molar refractivity (Wildman–Crippen MR) is 84.7 cm³/mol. The van der Waals surface area contributed by atoms with Gasteiger partial charge in [-0.3, -0.25) is 0 Å². The number of aryl methyl sites for hydroxylation is 1. The first kappa shape index (κ1) is 14.2. The Labute approximate surface area is 123 Å². The second-order valence-corrected chi connectivity index (χ2v) is 4.89. The van der Waals surface area contributed by atoms with Crippen molar-refractivity contribution in [2.24, 2.45) is 0 Å². The molecular weight excluding hydrogens is 270 g/mol. The summed E-state index contributed by atoms with van der Waals surface area (Å²) in [6.45, 7) is 1.98. The van der Waals surface area contributed by atoms with Crippen LogP contribution in [0.3, 0.4) is 0 Å². The smallest absolute Gasteiger partial charge is 0.337 e. The zero-order valence-electron chi connectivity index (χ0n) is 11.3. The topological polar surface area (TPSA) is 40.5 Å². The molecule has 0 aliphatic rings. The fourth-order valence-corrected chi connectivity index (χ4v) is 2.38. The summed E-state index contributed by atoms with van der Waals surface area (Å²) in [5.41, 5.74) is 2.83. The molecule has 0 aliphatic carbocycles. The van der Waals surface area contributed by atoms with Crippen LogP contribution in [0, 0.1) is 6.92 Å². The Morgan fingerprint density at radius 1 is 1.05 bits per heavy atom. The van der Waals surface area contributed by atoms with Gasteiger partial charge in [-0.15, -0.1) is 0 Å². The number of thiocarbonyl (C=S) groups is 1. The number of para-hydroxylation sites is 1. The molecule has 0 saturated heterocycles. The molecule has 1 N–H and O–H groups in total. The van der Waals surface area contributed by atoms with E-state index in [1.165, 1.54) is 0 Å². The van der Waals surface area contributed by atoms with Crippen molar-refractivity contribution in [2.45, 2.75) is 6.92 Å². The molecule has 0 fully saturated rings. The quantitative estimate of drug-likeness (QED) is 0.876. The molecule has 0 aromatic heterocycles. The standard InChI is InChI=1S/C16H15NO2S/c1-11-7-3-4-8-12(11)15(20)17(2)14-10-6-5-9-13(14)16(18)19/h3-10H,1-2H3,(H,18,19). The predicted octanol–water partition coefficient (Wildman–Crippen LogP) is 3.51. The highest BCUT2D eigenvalue weighted by Gasteiger charge is 2.17. The van der Waals surface area contributed by atoms with E-state index in [4.69, 9.17) is 12.2 Å². The number of carbonyl (C=O) groups is 1. The average Bonchev–Trinajstić information content (AvgIpc) is 2.46. The summed E-state index contributed by atoms with van der Waals surface area (Å²) >= 11 is 5.49. The molecule has 0 unspecified atom stereocenters. The maximum atomic E-state index is 11.3. The van der Waals surface area contributed by atoms with E-state index in [9.17, 15) is 9.90 Å². The van der Waals surface area contributed by atoms with Gasteiger partial charge >= 0.3 is 5.97 Å². The molecular formula is C16H15NO2S. The first-order valence-corrected chi connectivity index (χ1v) is 6.59. The number of benzene rings is 2. The maximum absolute atomic E-state index is 11.3. The third-order valence-electron chi connectivity index (χ3n) is 3.18. The molecule has 2 aromatic carbocycles. The van der Waals surface area contributed by atoms with Crippen LogP contribution in [-0.2, 0) is 0 Å². The van der Waals surface area contributed by atoms with Crippen molar-refractivity contribution in [1.29, 1.82) is 0 Å². The van der Waals surface area contributed by atoms with Gasteiger partial charge in [0, 0.05) is 12.6 Å². The van der Waals surface area contributed by atoms with Crippen LogP contribution in [0.1, 0.15) is 21.5 Å². The number of aromatic carboxylic acids is 1. The number of hydrogen-bond donors (Lipinski definition) is 1. The zero-order valence-corrected chi connectivity index (χ0v) is 12.1. The Hall–Kier alpha value is -2.20. The zero-order chi connectivity index (χ0) is 14.7. The van der Waals surface area contributed by atoms with Crippen LogP contribution in [0.15, 0.2) is 48.5 Å². The van der Waals surface area contributed by atoms with E-state index in [1.54, 1.807) is 36.2 Å². The number of rotatable bonds is 3. The molecule has 2 rings (SSSR count). The van der Waals surface area contributed by atoms with Crippen molar-refractivity contribution >= 4 is 28.9 Å². The fraction of sp³-hybridized carbons (Fsp3) is 0.125. The van der Waals surface area contributed by atoms with Crippen molar-refractivity contribution in [3.8, 4) is 0 Å². The summed E-state index contributed by atoms with van der Waals surface area (Å²) in [5.74, 6) is -0.958. The second kappa shape index (κ2) is 5.84. The molecule has 2 aromatic rings. The van der Waals surface area contributed by atoms with Crippen molar-refractivity contribution in [3.05, 3.63) is 65.2 Å². The van der Waals surface area contributed by atoms with Crippen molar-refractivity contribution < 1.29 is 9.90 Å². The number of nitrogens with zero attached hydrogens (tertiary/aromatic N) is 1. The largest absolute Gasteiger partial charge is 0.478 e. The third-order valence-corrected chi connectivity index (χ3v) is 3.67. The minimum Gasteiger partial charge on any atom is -0.478 e. The Morgan fingerprint density at radius 3 is 2.20 bits per heavy atom. The summed E-state index contributed by atoms with van der Waals surface area (Å²) in [4.78, 5) is 13.6. The van der Waals surface area contributed by atoms with Crippen LogP contribution in [0.4, 0.5) is 5.69 Å². The third kappa shape index (κ3) is 2.70. The molecule has 0 aliphatic heterocycles. The lowest BCUT2D eigenvalue weighted by molar-refractivity contribution is 0.0697. The van der Waals surface area contributed by atoms with E-state index in [-0.39, 0.29) is 5.56 Å². The molecule has 0 radical (unpaired) electrons. The van der Waals surface area contributed by atoms with Crippen molar-refractivity contribution in [1.82, 2.24) is 0 Å². The summed E-state index contributed by atoms with van der Waals surface area (Å²) in [6.07, 6.45) is 0. The van der Waals surface area contributed by atoms with Gasteiger partial charge in [-0.05, 0) is 24.6 Å². The van der Waals surface area contributed by atoms with Gasteiger partial charge in [-0.25, -0.2) is 4.79 Å². The first-order chi connectivity index (χ1) is 9.52. The molecule has 102 valence electrons. The van der Waals surface area contributed by atoms with Gasteiger partial charge in [0.25, 0.3) is 0 Å². The van der Waals surface area contributed by atoms with Crippen molar-refractivity contribution in [2.75, 3.05) is 11.9 Å². The van der Waals surface area contributed by atoms with Gasteiger partial charge in [0.2, 0.25) is 0 Å². The number of carboxylic acid groups (broad SMARTS) is 1. The maximum Gasteiger partial charge on any atom is 0.337 e. The summed E-state index contributed by atoms with van der Waals surface area (Å²) < 4.78 is 0. The highest BCUT2D eigenvalue weighted by Crippen LogP contribution is 2.22. The lowest BCUT2D eigenvalue weighted by Gasteiger charge is -2.23. The van der Waals surface area contributed by atoms with E-state index in [0.29, 0.717) is 10.7 Å². The van der Waals surface area contributed by atoms with Crippen molar-refractivity contribution in [3.63, 3.8) is 0 Å². The molecule has 0 atom stereocenters. The monoisotopic (exact) mass is 285 g/mol. The van der Waals surface area contributed by atoms with E-state index in [1.807, 2.05) is 31.2 Å². The molecule has 3 nitrogen and oxygen atoms in total. The van der Waals surface area contributed by atoms with Gasteiger partial charge in [-0.1, -0.05) is 48.6 Å². The van der Waals surface area contributed by atoms with Crippen LogP contribution >= 0.6 is 12.2 Å². The Morgan fingerprint density at radius 2 is 1.60 bits per heavy atom. The van der Waals surface area contributed by atoms with Gasteiger partial charge in [-0.2, -0.15) is 0 Å². The SMILES string of the molecule is Cc1ccccc1C(=S)N(C)c1ccccc1C(=O)O. The molecule has 20 heavy (non-hydrogen) atoms.